The molecule has 0 bridgehead atoms. The first-order valence-electron chi connectivity index (χ1n) is 7.43. The number of ether oxygens (including phenoxy) is 1. The van der Waals surface area contributed by atoms with Crippen LogP contribution < -0.4 is 15.4 Å². The summed E-state index contributed by atoms with van der Waals surface area (Å²) in [6, 6.07) is 6.56. The van der Waals surface area contributed by atoms with E-state index in [0.29, 0.717) is 12.6 Å². The van der Waals surface area contributed by atoms with Gasteiger partial charge in [-0.2, -0.15) is 0 Å². The summed E-state index contributed by atoms with van der Waals surface area (Å²) in [5.74, 6) is 0.796. The summed E-state index contributed by atoms with van der Waals surface area (Å²) in [6.45, 7) is 10.4. The number of hydrogen-bond acceptors (Lipinski definition) is 3. The van der Waals surface area contributed by atoms with Gasteiger partial charge in [-0.15, -0.1) is 0 Å². The highest BCUT2D eigenvalue weighted by Crippen LogP contribution is 2.33. The van der Waals surface area contributed by atoms with Gasteiger partial charge >= 0.3 is 0 Å². The SMILES string of the molecule is CCCCN(c1cccc(OCC)c1N)C(C)CC. The van der Waals surface area contributed by atoms with Crippen molar-refractivity contribution < 1.29 is 4.74 Å². The molecule has 1 aromatic carbocycles. The quantitative estimate of drug-likeness (QED) is 0.719. The average molecular weight is 264 g/mol. The van der Waals surface area contributed by atoms with E-state index >= 15 is 0 Å². The van der Waals surface area contributed by atoms with Crippen molar-refractivity contribution in [3.63, 3.8) is 0 Å². The monoisotopic (exact) mass is 264 g/mol. The van der Waals surface area contributed by atoms with Gasteiger partial charge in [0.2, 0.25) is 0 Å². The summed E-state index contributed by atoms with van der Waals surface area (Å²) in [5.41, 5.74) is 8.14. The van der Waals surface area contributed by atoms with Gasteiger partial charge in [0.25, 0.3) is 0 Å². The molecular weight excluding hydrogens is 236 g/mol. The minimum Gasteiger partial charge on any atom is -0.492 e. The molecule has 108 valence electrons. The molecule has 2 N–H and O–H groups in total. The van der Waals surface area contributed by atoms with Crippen molar-refractivity contribution in [1.82, 2.24) is 0 Å². The molecule has 0 radical (unpaired) electrons. The Morgan fingerprint density at radius 1 is 1.26 bits per heavy atom. The summed E-state index contributed by atoms with van der Waals surface area (Å²) in [6.07, 6.45) is 3.49. The second kappa shape index (κ2) is 7.93. The Morgan fingerprint density at radius 3 is 2.58 bits per heavy atom. The van der Waals surface area contributed by atoms with Gasteiger partial charge in [-0.25, -0.2) is 0 Å². The normalized spacial score (nSPS) is 12.2. The van der Waals surface area contributed by atoms with Crippen LogP contribution in [0.15, 0.2) is 18.2 Å². The highest BCUT2D eigenvalue weighted by Gasteiger charge is 2.17. The largest absolute Gasteiger partial charge is 0.492 e. The van der Waals surface area contributed by atoms with Crippen LogP contribution in [0.4, 0.5) is 11.4 Å². The van der Waals surface area contributed by atoms with Crippen molar-refractivity contribution in [2.75, 3.05) is 23.8 Å². The number of nitrogens with zero attached hydrogens (tertiary/aromatic N) is 1. The Bertz CT molecular complexity index is 379. The molecule has 3 heteroatoms. The second-order valence-electron chi connectivity index (χ2n) is 4.93. The molecule has 0 saturated heterocycles. The summed E-state index contributed by atoms with van der Waals surface area (Å²) >= 11 is 0. The van der Waals surface area contributed by atoms with Crippen molar-refractivity contribution in [3.8, 4) is 5.75 Å². The maximum atomic E-state index is 6.27. The van der Waals surface area contributed by atoms with E-state index in [1.165, 1.54) is 12.8 Å². The standard InChI is InChI=1S/C16H28N2O/c1-5-8-12-18(13(4)6-2)14-10-9-11-15(16(14)17)19-7-3/h9-11,13H,5-8,12,17H2,1-4H3. The Morgan fingerprint density at radius 2 is 2.00 bits per heavy atom. The second-order valence-corrected chi connectivity index (χ2v) is 4.93. The van der Waals surface area contributed by atoms with Gasteiger partial charge in [-0.3, -0.25) is 0 Å². The van der Waals surface area contributed by atoms with Crippen LogP contribution in [-0.2, 0) is 0 Å². The zero-order valence-electron chi connectivity index (χ0n) is 12.8. The van der Waals surface area contributed by atoms with Crippen LogP contribution in [0, 0.1) is 0 Å². The fourth-order valence-corrected chi connectivity index (χ4v) is 2.19. The fraction of sp³-hybridized carbons (Fsp3) is 0.625. The van der Waals surface area contributed by atoms with Crippen LogP contribution in [0.1, 0.15) is 47.0 Å². The predicted octanol–water partition coefficient (Wildman–Crippen LogP) is 4.07. The van der Waals surface area contributed by atoms with Crippen molar-refractivity contribution >= 4 is 11.4 Å². The molecule has 0 spiro atoms. The molecular formula is C16H28N2O. The van der Waals surface area contributed by atoms with Gasteiger partial charge in [-0.1, -0.05) is 26.3 Å². The van der Waals surface area contributed by atoms with Gasteiger partial charge in [0, 0.05) is 12.6 Å². The molecule has 3 nitrogen and oxygen atoms in total. The van der Waals surface area contributed by atoms with Crippen LogP contribution in [-0.4, -0.2) is 19.2 Å². The lowest BCUT2D eigenvalue weighted by molar-refractivity contribution is 0.342. The predicted molar refractivity (Wildman–Crippen MR) is 84.0 cm³/mol. The zero-order valence-corrected chi connectivity index (χ0v) is 12.8. The van der Waals surface area contributed by atoms with Gasteiger partial charge in [0.05, 0.1) is 18.0 Å². The Labute approximate surface area is 117 Å². The lowest BCUT2D eigenvalue weighted by Gasteiger charge is -2.32. The van der Waals surface area contributed by atoms with Crippen LogP contribution in [0.25, 0.3) is 0 Å². The number of anilines is 2. The number of nitrogens with two attached hydrogens (primary N) is 1. The third kappa shape index (κ3) is 4.05. The summed E-state index contributed by atoms with van der Waals surface area (Å²) in [4.78, 5) is 2.40. The number of unbranched alkanes of at least 4 members (excludes halogenated alkanes) is 1. The molecule has 1 unspecified atom stereocenters. The molecule has 0 amide bonds. The van der Waals surface area contributed by atoms with Crippen LogP contribution in [0.3, 0.4) is 0 Å². The van der Waals surface area contributed by atoms with E-state index < -0.39 is 0 Å². The van der Waals surface area contributed by atoms with E-state index in [1.807, 2.05) is 19.1 Å². The molecule has 1 aromatic rings. The fourth-order valence-electron chi connectivity index (χ4n) is 2.19. The van der Waals surface area contributed by atoms with Crippen LogP contribution >= 0.6 is 0 Å². The van der Waals surface area contributed by atoms with E-state index in [1.54, 1.807) is 0 Å². The third-order valence-electron chi connectivity index (χ3n) is 3.53. The molecule has 0 fully saturated rings. The van der Waals surface area contributed by atoms with Gasteiger partial charge in [-0.05, 0) is 38.8 Å². The van der Waals surface area contributed by atoms with E-state index in [9.17, 15) is 0 Å². The van der Waals surface area contributed by atoms with Gasteiger partial charge in [0.1, 0.15) is 5.75 Å². The molecule has 0 aliphatic rings. The van der Waals surface area contributed by atoms with Crippen LogP contribution in [0.2, 0.25) is 0 Å². The molecule has 1 rings (SSSR count). The van der Waals surface area contributed by atoms with Crippen LogP contribution in [0.5, 0.6) is 5.75 Å². The lowest BCUT2D eigenvalue weighted by atomic mass is 10.1. The maximum Gasteiger partial charge on any atom is 0.144 e. The molecule has 0 aliphatic carbocycles. The highest BCUT2D eigenvalue weighted by atomic mass is 16.5. The van der Waals surface area contributed by atoms with Crippen molar-refractivity contribution in [2.24, 2.45) is 0 Å². The first-order chi connectivity index (χ1) is 9.15. The van der Waals surface area contributed by atoms with Gasteiger partial charge in [0.15, 0.2) is 0 Å². The third-order valence-corrected chi connectivity index (χ3v) is 3.53. The number of hydrogen-bond donors (Lipinski definition) is 1. The topological polar surface area (TPSA) is 38.5 Å². The molecule has 0 saturated carbocycles. The Hall–Kier alpha value is -1.38. The van der Waals surface area contributed by atoms with Gasteiger partial charge < -0.3 is 15.4 Å². The molecule has 0 aliphatic heterocycles. The van der Waals surface area contributed by atoms with Crippen molar-refractivity contribution in [2.45, 2.75) is 53.0 Å². The first kappa shape index (κ1) is 15.7. The van der Waals surface area contributed by atoms with E-state index in [4.69, 9.17) is 10.5 Å². The minimum absolute atomic E-state index is 0.491. The Balaban J connectivity index is 3.03. The smallest absolute Gasteiger partial charge is 0.144 e. The van der Waals surface area contributed by atoms with E-state index in [-0.39, 0.29) is 0 Å². The van der Waals surface area contributed by atoms with Crippen molar-refractivity contribution in [1.29, 1.82) is 0 Å². The summed E-state index contributed by atoms with van der Waals surface area (Å²) in [7, 11) is 0. The molecule has 0 heterocycles. The number of benzene rings is 1. The maximum absolute atomic E-state index is 6.27. The molecule has 1 atom stereocenters. The average Bonchev–Trinajstić information content (AvgIpc) is 2.42. The van der Waals surface area contributed by atoms with E-state index in [2.05, 4.69) is 31.7 Å². The summed E-state index contributed by atoms with van der Waals surface area (Å²) < 4.78 is 5.59. The number of nitrogen functional groups attached to an aromatic ring is 1. The summed E-state index contributed by atoms with van der Waals surface area (Å²) in [5, 5.41) is 0. The molecule has 19 heavy (non-hydrogen) atoms. The first-order valence-corrected chi connectivity index (χ1v) is 7.43. The van der Waals surface area contributed by atoms with E-state index in [0.717, 1.165) is 30.1 Å². The Kier molecular flexibility index (Phi) is 6.54. The highest BCUT2D eigenvalue weighted by molar-refractivity contribution is 5.74. The zero-order chi connectivity index (χ0) is 14.3. The molecule has 0 aromatic heterocycles. The van der Waals surface area contributed by atoms with Crippen molar-refractivity contribution in [3.05, 3.63) is 18.2 Å². The number of para-hydroxylation sites is 1. The lowest BCUT2D eigenvalue weighted by Crippen LogP contribution is -2.34. The number of rotatable bonds is 8. The minimum atomic E-state index is 0.491.